The van der Waals surface area contributed by atoms with Gasteiger partial charge in [0.2, 0.25) is 0 Å². The van der Waals surface area contributed by atoms with E-state index in [-0.39, 0.29) is 26.4 Å². The van der Waals surface area contributed by atoms with Crippen molar-refractivity contribution < 1.29 is 12.6 Å². The van der Waals surface area contributed by atoms with E-state index in [2.05, 4.69) is 56.7 Å². The second kappa shape index (κ2) is 27.4. The third-order valence-corrected chi connectivity index (χ3v) is 31.2. The molecule has 0 aliphatic carbocycles. The maximum Gasteiger partial charge on any atom is -0.153 e. The molecule has 0 aromatic heterocycles. The molecule has 2 atom stereocenters. The van der Waals surface area contributed by atoms with Crippen molar-refractivity contribution in [1.29, 1.82) is 0 Å². The van der Waals surface area contributed by atoms with Crippen molar-refractivity contribution in [3.63, 3.8) is 0 Å². The molecule has 0 amide bonds. The second-order valence-corrected chi connectivity index (χ2v) is 40.0. The average molecular weight is 823 g/mol. The summed E-state index contributed by atoms with van der Waals surface area (Å²) in [6.07, 6.45) is 20.6. The van der Waals surface area contributed by atoms with Crippen molar-refractivity contribution in [1.82, 2.24) is 4.90 Å². The zero-order valence-corrected chi connectivity index (χ0v) is 36.6. The van der Waals surface area contributed by atoms with Gasteiger partial charge >= 0.3 is 243 Å². The molecule has 0 aromatic carbocycles. The minimum atomic E-state index is -3.30. The molecule has 1 aliphatic heterocycles. The first kappa shape index (κ1) is 45.2. The van der Waals surface area contributed by atoms with E-state index in [9.17, 15) is 8.42 Å². The zero-order chi connectivity index (χ0) is 28.0. The van der Waals surface area contributed by atoms with Gasteiger partial charge in [0.05, 0.1) is 0 Å². The van der Waals surface area contributed by atoms with Crippen LogP contribution in [0.15, 0.2) is 20.3 Å². The Morgan fingerprint density at radius 3 is 1.44 bits per heavy atom. The van der Waals surface area contributed by atoms with E-state index in [1.54, 1.807) is 8.87 Å². The number of hydrogen-bond acceptors (Lipinski definition) is 4. The summed E-state index contributed by atoms with van der Waals surface area (Å²) in [5.41, 5.74) is 0. The van der Waals surface area contributed by atoms with Crippen molar-refractivity contribution in [3.8, 4) is 0 Å². The quantitative estimate of drug-likeness (QED) is 0.0742. The van der Waals surface area contributed by atoms with Gasteiger partial charge < -0.3 is 0 Å². The first-order chi connectivity index (χ1) is 17.5. The molecule has 236 valence electrons. The van der Waals surface area contributed by atoms with Gasteiger partial charge in [-0.15, -0.1) is 0 Å². The Hall–Kier alpha value is 1.81. The van der Waals surface area contributed by atoms with Crippen LogP contribution in [0.5, 0.6) is 0 Å². The average Bonchev–Trinajstić information content (AvgIpc) is 2.87. The fourth-order valence-corrected chi connectivity index (χ4v) is 25.8. The van der Waals surface area contributed by atoms with Gasteiger partial charge in [-0.1, -0.05) is 0 Å². The number of unbranched alkanes of at least 4 members (excludes halogenated alkanes) is 4. The van der Waals surface area contributed by atoms with Gasteiger partial charge in [-0.05, 0) is 0 Å². The van der Waals surface area contributed by atoms with Gasteiger partial charge in [-0.3, -0.25) is 0 Å². The normalized spacial score (nSPS) is 15.1. The number of likely N-dealkylation sites (tertiary alicyclic amines) is 1. The molecule has 0 N–H and O–H groups in total. The first-order valence-corrected chi connectivity index (χ1v) is 34.3. The standard InChI is InChI=1S/C8H14N.C4H7O3S.4C4H9.2CH3.2H3P.2Sn/c1-2-6-9-7-4-3-5-8-9;1-3-4-7-8(2,5)6;4*1-3-4-2;;;;;;/h1-2H,3-8H2;1,3H,4H2,2H3;4*1,3-4H2,2H3;4*1H3;;. The SMILES string of the molecule is CCC[CH2][Sn]([CH3])(/[CH]=C/CN1CCCCC1)[CH2]CCC.CCC[CH2][Sn]([CH3])(/[CH]=C/COS(C)(=O)=O)[CH2]CCC.P.P. The van der Waals surface area contributed by atoms with Crippen LogP contribution in [0, 0.1) is 0 Å². The van der Waals surface area contributed by atoms with E-state index in [0.717, 1.165) is 6.26 Å². The summed E-state index contributed by atoms with van der Waals surface area (Å²) in [7, 11) is -3.30. The molecule has 0 radical (unpaired) electrons. The summed E-state index contributed by atoms with van der Waals surface area (Å²) in [5.74, 6) is 0. The molecule has 1 aliphatic rings. The van der Waals surface area contributed by atoms with Crippen molar-refractivity contribution >= 4 is 66.7 Å². The van der Waals surface area contributed by atoms with E-state index >= 15 is 0 Å². The predicted molar refractivity (Wildman–Crippen MR) is 194 cm³/mol. The van der Waals surface area contributed by atoms with Gasteiger partial charge in [0.25, 0.3) is 0 Å². The Labute approximate surface area is 260 Å². The predicted octanol–water partition coefficient (Wildman–Crippen LogP) is 9.10. The smallest absolute Gasteiger partial charge is 0.153 e. The Morgan fingerprint density at radius 2 is 1.08 bits per heavy atom. The van der Waals surface area contributed by atoms with Crippen LogP contribution in [0.4, 0.5) is 0 Å². The van der Waals surface area contributed by atoms with Crippen molar-refractivity contribution in [2.75, 3.05) is 32.5 Å². The molecule has 1 fully saturated rings. The fourth-order valence-electron chi connectivity index (χ4n) is 5.03. The van der Waals surface area contributed by atoms with Gasteiger partial charge in [0.1, 0.15) is 0 Å². The van der Waals surface area contributed by atoms with Crippen LogP contribution in [0.3, 0.4) is 0 Å². The van der Waals surface area contributed by atoms with Crippen molar-refractivity contribution in [2.45, 2.75) is 126 Å². The van der Waals surface area contributed by atoms with Crippen LogP contribution >= 0.6 is 19.8 Å². The number of hydrogen-bond donors (Lipinski definition) is 0. The Morgan fingerprint density at radius 1 is 0.692 bits per heavy atom. The van der Waals surface area contributed by atoms with Crippen LogP contribution in [-0.2, 0) is 14.3 Å². The van der Waals surface area contributed by atoms with Crippen LogP contribution < -0.4 is 0 Å². The molecule has 4 nitrogen and oxygen atoms in total. The molecule has 2 unspecified atom stereocenters. The third kappa shape index (κ3) is 27.1. The molecule has 9 heteroatoms. The number of nitrogens with zero attached hydrogens (tertiary/aromatic N) is 1. The molecular weight excluding hydrogens is 754 g/mol. The molecule has 0 spiro atoms. The molecule has 0 saturated carbocycles. The minimum absolute atomic E-state index is 0. The van der Waals surface area contributed by atoms with Crippen LogP contribution in [0.1, 0.15) is 98.3 Å². The van der Waals surface area contributed by atoms with Gasteiger partial charge in [0, 0.05) is 0 Å². The summed E-state index contributed by atoms with van der Waals surface area (Å²) in [6, 6.07) is 0. The van der Waals surface area contributed by atoms with Crippen molar-refractivity contribution in [3.05, 3.63) is 20.3 Å². The summed E-state index contributed by atoms with van der Waals surface area (Å²) in [6.45, 7) is 13.2. The number of piperidine rings is 1. The number of rotatable bonds is 19. The molecular formula is C30H69NO3P2SSn2. The maximum absolute atomic E-state index is 10.9. The molecule has 1 rings (SSSR count). The Bertz CT molecular complexity index is 699. The Balaban J connectivity index is -0.000000633. The monoisotopic (exact) mass is 825 g/mol. The van der Waals surface area contributed by atoms with Crippen LogP contribution in [0.2, 0.25) is 27.6 Å². The fraction of sp³-hybridized carbons (Fsp3) is 0.867. The van der Waals surface area contributed by atoms with E-state index in [1.165, 1.54) is 99.1 Å². The minimum Gasteiger partial charge on any atom is -0.153 e. The van der Waals surface area contributed by atoms with Crippen molar-refractivity contribution in [2.24, 2.45) is 0 Å². The maximum atomic E-state index is 10.9. The van der Waals surface area contributed by atoms with E-state index in [0.29, 0.717) is 0 Å². The van der Waals surface area contributed by atoms with Crippen LogP contribution in [-0.4, -0.2) is 82.6 Å². The first-order valence-electron chi connectivity index (χ1n) is 15.4. The summed E-state index contributed by atoms with van der Waals surface area (Å²) in [5, 5.41) is 0. The second-order valence-electron chi connectivity index (χ2n) is 11.9. The molecule has 39 heavy (non-hydrogen) atoms. The summed E-state index contributed by atoms with van der Waals surface area (Å²) < 4.78 is 37.4. The van der Waals surface area contributed by atoms with E-state index < -0.39 is 46.9 Å². The summed E-state index contributed by atoms with van der Waals surface area (Å²) >= 11 is -3.99. The Kier molecular flexibility index (Phi) is 31.7. The van der Waals surface area contributed by atoms with Gasteiger partial charge in [-0.2, -0.15) is 19.8 Å². The van der Waals surface area contributed by atoms with Gasteiger partial charge in [-0.25, -0.2) is 0 Å². The molecule has 0 bridgehead atoms. The third-order valence-electron chi connectivity index (χ3n) is 7.64. The molecule has 1 heterocycles. The molecule has 0 aromatic rings. The van der Waals surface area contributed by atoms with Gasteiger partial charge in [0.15, 0.2) is 0 Å². The largest absolute Gasteiger partial charge is 0.153 e. The van der Waals surface area contributed by atoms with E-state index in [4.69, 9.17) is 4.18 Å². The summed E-state index contributed by atoms with van der Waals surface area (Å²) in [4.78, 5) is 7.77. The van der Waals surface area contributed by atoms with E-state index in [1.807, 2.05) is 6.08 Å². The zero-order valence-electron chi connectivity index (χ0n) is 27.2. The topological polar surface area (TPSA) is 46.6 Å². The molecule has 1 saturated heterocycles. The van der Waals surface area contributed by atoms with Crippen LogP contribution in [0.25, 0.3) is 0 Å².